The Labute approximate surface area is 110 Å². The molecule has 1 nitrogen and oxygen atoms in total. The van der Waals surface area contributed by atoms with Crippen LogP contribution in [0.4, 0.5) is 0 Å². The van der Waals surface area contributed by atoms with Gasteiger partial charge < -0.3 is 0 Å². The van der Waals surface area contributed by atoms with Crippen LogP contribution < -0.4 is 0 Å². The van der Waals surface area contributed by atoms with Crippen molar-refractivity contribution in [3.8, 4) is 0 Å². The Bertz CT molecular complexity index is 474. The minimum Gasteiger partial charge on any atom is -0.294 e. The van der Waals surface area contributed by atoms with E-state index in [-0.39, 0.29) is 11.3 Å². The molecule has 2 aliphatic carbocycles. The molecule has 3 unspecified atom stereocenters. The lowest BCUT2D eigenvalue weighted by Crippen LogP contribution is -2.36. The van der Waals surface area contributed by atoms with E-state index in [2.05, 4.69) is 20.8 Å². The van der Waals surface area contributed by atoms with E-state index >= 15 is 0 Å². The zero-order valence-corrected chi connectivity index (χ0v) is 11.6. The van der Waals surface area contributed by atoms with E-state index in [1.54, 1.807) is 0 Å². The van der Waals surface area contributed by atoms with Gasteiger partial charge >= 0.3 is 0 Å². The molecular weight excluding hydrogens is 220 g/mol. The Morgan fingerprint density at radius 2 is 1.83 bits per heavy atom. The molecule has 0 saturated heterocycles. The number of ketones is 1. The van der Waals surface area contributed by atoms with Gasteiger partial charge in [-0.05, 0) is 36.0 Å². The number of fused-ring (bicyclic) bond motifs is 2. The summed E-state index contributed by atoms with van der Waals surface area (Å²) in [4.78, 5) is 12.7. The molecule has 3 rings (SSSR count). The van der Waals surface area contributed by atoms with Gasteiger partial charge in [0.15, 0.2) is 5.78 Å². The number of hydrogen-bond acceptors (Lipinski definition) is 1. The average Bonchev–Trinajstić information content (AvgIpc) is 2.71. The van der Waals surface area contributed by atoms with Gasteiger partial charge in [-0.25, -0.2) is 0 Å². The number of benzene rings is 1. The molecule has 1 heteroatoms. The largest absolute Gasteiger partial charge is 0.294 e. The molecule has 0 aliphatic heterocycles. The summed E-state index contributed by atoms with van der Waals surface area (Å²) in [7, 11) is 0. The van der Waals surface area contributed by atoms with Crippen LogP contribution in [0.5, 0.6) is 0 Å². The summed E-state index contributed by atoms with van der Waals surface area (Å²) in [5.74, 6) is 1.34. The molecule has 0 spiro atoms. The number of rotatable bonds is 2. The zero-order valence-electron chi connectivity index (χ0n) is 11.6. The Morgan fingerprint density at radius 1 is 1.17 bits per heavy atom. The number of Topliss-reactive ketones (excluding diaryl/α,β-unsaturated/α-hetero) is 1. The molecule has 2 bridgehead atoms. The van der Waals surface area contributed by atoms with Crippen LogP contribution in [0.3, 0.4) is 0 Å². The molecule has 96 valence electrons. The lowest BCUT2D eigenvalue weighted by molar-refractivity contribution is 0.0656. The first-order chi connectivity index (χ1) is 8.47. The predicted octanol–water partition coefficient (Wildman–Crippen LogP) is 4.33. The fraction of sp³-hybridized carbons (Fsp3) is 0.588. The van der Waals surface area contributed by atoms with Crippen molar-refractivity contribution in [2.24, 2.45) is 22.7 Å². The van der Waals surface area contributed by atoms with Crippen LogP contribution in [0.25, 0.3) is 0 Å². The zero-order chi connectivity index (χ0) is 13.0. The van der Waals surface area contributed by atoms with Crippen LogP contribution in [0.15, 0.2) is 30.3 Å². The molecule has 18 heavy (non-hydrogen) atoms. The second-order valence-electron chi connectivity index (χ2n) is 6.89. The summed E-state index contributed by atoms with van der Waals surface area (Å²) in [5, 5.41) is 0. The lowest BCUT2D eigenvalue weighted by atomic mass is 9.65. The van der Waals surface area contributed by atoms with Crippen molar-refractivity contribution in [2.75, 3.05) is 0 Å². The molecule has 2 fully saturated rings. The Balaban J connectivity index is 1.94. The molecule has 2 saturated carbocycles. The van der Waals surface area contributed by atoms with Crippen molar-refractivity contribution in [1.29, 1.82) is 0 Å². The van der Waals surface area contributed by atoms with Gasteiger partial charge in [0.2, 0.25) is 0 Å². The first kappa shape index (κ1) is 12.0. The molecular formula is C17H22O. The van der Waals surface area contributed by atoms with E-state index in [0.717, 1.165) is 17.9 Å². The lowest BCUT2D eigenvalue weighted by Gasteiger charge is -2.38. The average molecular weight is 242 g/mol. The maximum atomic E-state index is 12.7. The summed E-state index contributed by atoms with van der Waals surface area (Å²) in [6.45, 7) is 7.07. The fourth-order valence-corrected chi connectivity index (χ4v) is 4.40. The van der Waals surface area contributed by atoms with E-state index in [9.17, 15) is 4.79 Å². The van der Waals surface area contributed by atoms with Gasteiger partial charge in [-0.15, -0.1) is 0 Å². The number of carbonyl (C=O) groups excluding carboxylic acids is 1. The van der Waals surface area contributed by atoms with Crippen LogP contribution in [0, 0.1) is 22.7 Å². The van der Waals surface area contributed by atoms with Crippen LogP contribution in [0.2, 0.25) is 0 Å². The molecule has 3 atom stereocenters. The third-order valence-electron chi connectivity index (χ3n) is 6.17. The van der Waals surface area contributed by atoms with E-state index in [0.29, 0.717) is 11.2 Å². The second-order valence-corrected chi connectivity index (χ2v) is 6.89. The maximum absolute atomic E-state index is 12.7. The van der Waals surface area contributed by atoms with Gasteiger partial charge in [-0.1, -0.05) is 51.1 Å². The molecule has 1 aromatic carbocycles. The van der Waals surface area contributed by atoms with Crippen LogP contribution in [0.1, 0.15) is 50.4 Å². The van der Waals surface area contributed by atoms with E-state index in [1.165, 1.54) is 12.8 Å². The fourth-order valence-electron chi connectivity index (χ4n) is 4.40. The molecule has 0 N–H and O–H groups in total. The highest BCUT2D eigenvalue weighted by Crippen LogP contribution is 2.68. The Kier molecular flexibility index (Phi) is 2.45. The third kappa shape index (κ3) is 1.36. The molecule has 2 aliphatic rings. The minimum absolute atomic E-state index is 0.199. The van der Waals surface area contributed by atoms with E-state index in [1.807, 2.05) is 30.3 Å². The summed E-state index contributed by atoms with van der Waals surface area (Å²) in [6.07, 6.45) is 3.62. The minimum atomic E-state index is 0.199. The summed E-state index contributed by atoms with van der Waals surface area (Å²) < 4.78 is 0. The molecule has 0 heterocycles. The predicted molar refractivity (Wildman–Crippen MR) is 73.5 cm³/mol. The van der Waals surface area contributed by atoms with Crippen LogP contribution in [-0.4, -0.2) is 5.78 Å². The van der Waals surface area contributed by atoms with Crippen molar-refractivity contribution in [3.63, 3.8) is 0 Å². The first-order valence-electron chi connectivity index (χ1n) is 7.06. The van der Waals surface area contributed by atoms with Crippen LogP contribution in [-0.2, 0) is 0 Å². The smallest absolute Gasteiger partial charge is 0.166 e. The standard InChI is InChI=1S/C17H22O/c1-16(2)13-9-10-17(16,3)14(11-13)15(18)12-7-5-4-6-8-12/h4-8,13-14H,9-11H2,1-3H3. The highest BCUT2D eigenvalue weighted by atomic mass is 16.1. The van der Waals surface area contributed by atoms with E-state index < -0.39 is 0 Å². The molecule has 1 aromatic rings. The first-order valence-corrected chi connectivity index (χ1v) is 7.06. The van der Waals surface area contributed by atoms with Crippen molar-refractivity contribution in [1.82, 2.24) is 0 Å². The topological polar surface area (TPSA) is 17.1 Å². The highest BCUT2D eigenvalue weighted by Gasteiger charge is 2.62. The summed E-state index contributed by atoms with van der Waals surface area (Å²) >= 11 is 0. The van der Waals surface area contributed by atoms with Gasteiger partial charge in [0, 0.05) is 11.5 Å². The molecule has 0 amide bonds. The maximum Gasteiger partial charge on any atom is 0.166 e. The van der Waals surface area contributed by atoms with Crippen LogP contribution >= 0.6 is 0 Å². The SMILES string of the molecule is CC1(C)C2CCC1(C)C(C(=O)c1ccccc1)C2. The molecule has 0 radical (unpaired) electrons. The van der Waals surface area contributed by atoms with Gasteiger partial charge in [0.05, 0.1) is 0 Å². The highest BCUT2D eigenvalue weighted by molar-refractivity contribution is 5.98. The Hall–Kier alpha value is -1.11. The molecule has 0 aromatic heterocycles. The summed E-state index contributed by atoms with van der Waals surface area (Å²) in [6, 6.07) is 9.83. The quantitative estimate of drug-likeness (QED) is 0.705. The number of hydrogen-bond donors (Lipinski definition) is 0. The van der Waals surface area contributed by atoms with Crippen molar-refractivity contribution in [2.45, 2.75) is 40.0 Å². The third-order valence-corrected chi connectivity index (χ3v) is 6.17. The van der Waals surface area contributed by atoms with E-state index in [4.69, 9.17) is 0 Å². The van der Waals surface area contributed by atoms with Gasteiger partial charge in [0.25, 0.3) is 0 Å². The Morgan fingerprint density at radius 3 is 2.33 bits per heavy atom. The number of carbonyl (C=O) groups is 1. The van der Waals surface area contributed by atoms with Gasteiger partial charge in [-0.3, -0.25) is 4.79 Å². The van der Waals surface area contributed by atoms with Gasteiger partial charge in [-0.2, -0.15) is 0 Å². The van der Waals surface area contributed by atoms with Crippen molar-refractivity contribution < 1.29 is 4.79 Å². The monoisotopic (exact) mass is 242 g/mol. The van der Waals surface area contributed by atoms with Crippen molar-refractivity contribution >= 4 is 5.78 Å². The van der Waals surface area contributed by atoms with Crippen molar-refractivity contribution in [3.05, 3.63) is 35.9 Å². The second kappa shape index (κ2) is 3.69. The van der Waals surface area contributed by atoms with Gasteiger partial charge in [0.1, 0.15) is 0 Å². The summed E-state index contributed by atoms with van der Waals surface area (Å²) in [5.41, 5.74) is 1.42. The normalized spacial score (nSPS) is 36.8.